The second kappa shape index (κ2) is 16.2. The fourth-order valence-corrected chi connectivity index (χ4v) is 5.23. The molecule has 1 heterocycles. The number of carbonyl (C=O) groups excluding carboxylic acids is 1. The van der Waals surface area contributed by atoms with Crippen molar-refractivity contribution in [2.45, 2.75) is 44.9 Å². The van der Waals surface area contributed by atoms with Crippen LogP contribution in [0.25, 0.3) is 22.0 Å². The predicted molar refractivity (Wildman–Crippen MR) is 169 cm³/mol. The molecule has 4 aromatic rings. The maximum absolute atomic E-state index is 14.9. The van der Waals surface area contributed by atoms with Gasteiger partial charge in [-0.15, -0.1) is 0 Å². The zero-order valence-corrected chi connectivity index (χ0v) is 26.3. The van der Waals surface area contributed by atoms with Crippen molar-refractivity contribution in [1.29, 1.82) is 0 Å². The molecule has 3 aromatic carbocycles. The van der Waals surface area contributed by atoms with E-state index in [1.54, 1.807) is 36.4 Å². The normalized spacial score (nSPS) is 12.5. The molecule has 0 aliphatic heterocycles. The molecule has 1 aromatic heterocycles. The summed E-state index contributed by atoms with van der Waals surface area (Å²) in [6.07, 6.45) is -2.53. The van der Waals surface area contributed by atoms with E-state index in [2.05, 4.69) is 15.6 Å². The van der Waals surface area contributed by atoms with Crippen LogP contribution in [-0.4, -0.2) is 68.0 Å². The third kappa shape index (κ3) is 8.11. The number of pyridine rings is 1. The van der Waals surface area contributed by atoms with E-state index in [-0.39, 0.29) is 6.42 Å². The van der Waals surface area contributed by atoms with Crippen molar-refractivity contribution in [3.05, 3.63) is 83.1 Å². The fourth-order valence-electron chi connectivity index (χ4n) is 5.23. The molecule has 0 fully saturated rings. The maximum atomic E-state index is 14.9. The molecule has 3 N–H and O–H groups in total. The van der Waals surface area contributed by atoms with Gasteiger partial charge in [0.05, 0.1) is 44.8 Å². The minimum absolute atomic E-state index is 0.321. The first-order valence-corrected chi connectivity index (χ1v) is 14.9. The quantitative estimate of drug-likeness (QED) is 0.114. The summed E-state index contributed by atoms with van der Waals surface area (Å²) in [5.41, 5.74) is 0.670. The van der Waals surface area contributed by atoms with Crippen molar-refractivity contribution in [2.24, 2.45) is 0 Å². The van der Waals surface area contributed by atoms with E-state index < -0.39 is 66.4 Å². The van der Waals surface area contributed by atoms with Crippen LogP contribution in [0, 0.1) is 11.6 Å². The number of fused-ring (bicyclic) bond motifs is 1. The summed E-state index contributed by atoms with van der Waals surface area (Å²) in [5, 5.41) is 15.5. The van der Waals surface area contributed by atoms with E-state index in [4.69, 9.17) is 14.2 Å². The Morgan fingerprint density at radius 2 is 1.60 bits per heavy atom. The highest BCUT2D eigenvalue weighted by atomic mass is 19.3. The van der Waals surface area contributed by atoms with E-state index in [1.807, 2.05) is 6.92 Å². The molecule has 256 valence electrons. The number of benzene rings is 3. The summed E-state index contributed by atoms with van der Waals surface area (Å²) in [5.74, 6) is -4.81. The highest BCUT2D eigenvalue weighted by Gasteiger charge is 2.28. The van der Waals surface area contributed by atoms with Gasteiger partial charge in [0.15, 0.2) is 0 Å². The summed E-state index contributed by atoms with van der Waals surface area (Å²) in [6.45, 7) is 1.62. The number of hydrogen-bond acceptors (Lipinski definition) is 7. The largest absolute Gasteiger partial charge is 0.496 e. The smallest absolute Gasteiger partial charge is 0.326 e. The van der Waals surface area contributed by atoms with Gasteiger partial charge in [0.2, 0.25) is 0 Å². The lowest BCUT2D eigenvalue weighted by Gasteiger charge is -2.20. The first kappa shape index (κ1) is 35.9. The number of nitrogens with one attached hydrogen (secondary N) is 2. The molecule has 0 aliphatic carbocycles. The van der Waals surface area contributed by atoms with Crippen LogP contribution in [0.3, 0.4) is 0 Å². The number of rotatable bonds is 16. The first-order valence-electron chi connectivity index (χ1n) is 14.9. The van der Waals surface area contributed by atoms with Gasteiger partial charge in [-0.1, -0.05) is 24.3 Å². The van der Waals surface area contributed by atoms with Gasteiger partial charge in [-0.25, -0.2) is 22.4 Å². The highest BCUT2D eigenvalue weighted by Crippen LogP contribution is 2.42. The van der Waals surface area contributed by atoms with Crippen LogP contribution in [0.1, 0.15) is 34.8 Å². The molecule has 0 aliphatic rings. The lowest BCUT2D eigenvalue weighted by atomic mass is 9.95. The molecular weight excluding hydrogens is 641 g/mol. The average Bonchev–Trinajstić information content (AvgIpc) is 3.06. The van der Waals surface area contributed by atoms with Crippen LogP contribution in [0.2, 0.25) is 0 Å². The number of carboxylic acid groups (broad SMARTS) is 1. The zero-order chi connectivity index (χ0) is 35.0. The Balaban J connectivity index is 1.66. The van der Waals surface area contributed by atoms with Crippen molar-refractivity contribution in [3.63, 3.8) is 0 Å². The molecular formula is C34H34F5N3O6. The monoisotopic (exact) mass is 675 g/mol. The molecule has 0 spiro atoms. The topological polar surface area (TPSA) is 119 Å². The molecule has 2 unspecified atom stereocenters. The van der Waals surface area contributed by atoms with Crippen LogP contribution in [0.5, 0.6) is 11.5 Å². The van der Waals surface area contributed by atoms with Crippen LogP contribution >= 0.6 is 0 Å². The lowest BCUT2D eigenvalue weighted by molar-refractivity contribution is -0.139. The number of hydrogen-bond donors (Lipinski definition) is 3. The lowest BCUT2D eigenvalue weighted by Crippen LogP contribution is -2.43. The number of amides is 1. The molecule has 0 bridgehead atoms. The van der Waals surface area contributed by atoms with Crippen molar-refractivity contribution in [2.75, 3.05) is 32.8 Å². The molecule has 14 heteroatoms. The van der Waals surface area contributed by atoms with Crippen LogP contribution in [0.15, 0.2) is 54.7 Å². The summed E-state index contributed by atoms with van der Waals surface area (Å²) in [6, 6.07) is 8.44. The molecule has 0 saturated carbocycles. The highest BCUT2D eigenvalue weighted by molar-refractivity contribution is 6.00. The molecule has 9 nitrogen and oxygen atoms in total. The number of nitrogens with zero attached hydrogens (tertiary/aromatic N) is 1. The Hall–Kier alpha value is -4.98. The third-order valence-electron chi connectivity index (χ3n) is 7.53. The molecule has 1 amide bonds. The number of alkyl halides is 3. The number of ether oxygens (including phenoxy) is 3. The predicted octanol–water partition coefficient (Wildman–Crippen LogP) is 6.56. The second-order valence-corrected chi connectivity index (χ2v) is 10.6. The summed E-state index contributed by atoms with van der Waals surface area (Å²) < 4.78 is 85.6. The van der Waals surface area contributed by atoms with Gasteiger partial charge in [0, 0.05) is 36.7 Å². The third-order valence-corrected chi connectivity index (χ3v) is 7.53. The number of carboxylic acids is 1. The van der Waals surface area contributed by atoms with Crippen molar-refractivity contribution in [1.82, 2.24) is 10.3 Å². The van der Waals surface area contributed by atoms with Crippen molar-refractivity contribution >= 4 is 28.3 Å². The Morgan fingerprint density at radius 1 is 0.979 bits per heavy atom. The SMILES string of the molecule is CCOCc1cc(OC)c(-c2ncc(CC(NC(=O)c3c(F)cc(NC(CCF)C(F)F)cc3F)C(=O)O)c3ccccc23)c(OC)c1. The van der Waals surface area contributed by atoms with Crippen molar-refractivity contribution < 1.29 is 50.9 Å². The van der Waals surface area contributed by atoms with Crippen LogP contribution < -0.4 is 20.1 Å². The molecule has 4 rings (SSSR count). The van der Waals surface area contributed by atoms with Gasteiger partial charge in [0.1, 0.15) is 34.7 Å². The number of carbonyl (C=O) groups is 2. The standard InChI is InChI=1S/C34H34F5N3O6/c1-4-48-17-18-11-27(46-2)30(28(12-18)47-3)31-22-8-6-5-7-21(22)19(16-40-31)13-26(34(44)45)42-33(43)29-23(36)14-20(15-24(29)37)41-25(9-10-35)32(38)39/h5-8,11-12,14-16,25-26,32,41H,4,9-10,13,17H2,1-3H3,(H,42,43)(H,44,45). The Bertz CT molecular complexity index is 1730. The zero-order valence-electron chi connectivity index (χ0n) is 26.3. The van der Waals surface area contributed by atoms with Gasteiger partial charge in [-0.2, -0.15) is 0 Å². The Kier molecular flexibility index (Phi) is 12.1. The Labute approximate surface area is 273 Å². The average molecular weight is 676 g/mol. The van der Waals surface area contributed by atoms with E-state index in [0.717, 1.165) is 5.56 Å². The van der Waals surface area contributed by atoms with Gasteiger partial charge < -0.3 is 30.0 Å². The van der Waals surface area contributed by atoms with E-state index in [9.17, 15) is 36.6 Å². The fraction of sp³-hybridized carbons (Fsp3) is 0.324. The van der Waals surface area contributed by atoms with Gasteiger partial charge in [-0.3, -0.25) is 14.2 Å². The number of anilines is 1. The number of methoxy groups -OCH3 is 2. The van der Waals surface area contributed by atoms with Gasteiger partial charge >= 0.3 is 5.97 Å². The molecule has 2 atom stereocenters. The summed E-state index contributed by atoms with van der Waals surface area (Å²) in [4.78, 5) is 29.9. The number of aliphatic carboxylic acids is 1. The van der Waals surface area contributed by atoms with Crippen molar-refractivity contribution in [3.8, 4) is 22.8 Å². The maximum Gasteiger partial charge on any atom is 0.326 e. The summed E-state index contributed by atoms with van der Waals surface area (Å²) in [7, 11) is 3.00. The second-order valence-electron chi connectivity index (χ2n) is 10.6. The van der Waals surface area contributed by atoms with E-state index in [1.165, 1.54) is 20.4 Å². The minimum Gasteiger partial charge on any atom is -0.496 e. The minimum atomic E-state index is -3.03. The van der Waals surface area contributed by atoms with E-state index in [0.29, 0.717) is 64.4 Å². The number of aromatic nitrogens is 1. The molecule has 0 saturated heterocycles. The van der Waals surface area contributed by atoms with Crippen LogP contribution in [-0.2, 0) is 22.6 Å². The molecule has 48 heavy (non-hydrogen) atoms. The first-order chi connectivity index (χ1) is 23.0. The van der Waals surface area contributed by atoms with Gasteiger partial charge in [-0.05, 0) is 47.7 Å². The van der Waals surface area contributed by atoms with Crippen LogP contribution in [0.4, 0.5) is 27.6 Å². The number of halogens is 5. The van der Waals surface area contributed by atoms with Gasteiger partial charge in [0.25, 0.3) is 12.3 Å². The molecule has 0 radical (unpaired) electrons. The van der Waals surface area contributed by atoms with E-state index >= 15 is 0 Å². The Morgan fingerprint density at radius 3 is 2.15 bits per heavy atom. The summed E-state index contributed by atoms with van der Waals surface area (Å²) >= 11 is 0.